The highest BCUT2D eigenvalue weighted by molar-refractivity contribution is 5.65. The fourth-order valence-electron chi connectivity index (χ4n) is 1.69. The van der Waals surface area contributed by atoms with Gasteiger partial charge in [0, 0.05) is 0 Å². The first-order valence-corrected chi connectivity index (χ1v) is 4.70. The number of hydrogen-bond acceptors (Lipinski definition) is 3. The lowest BCUT2D eigenvalue weighted by Crippen LogP contribution is -2.05. The zero-order chi connectivity index (χ0) is 11.6. The molecule has 0 unspecified atom stereocenters. The van der Waals surface area contributed by atoms with E-state index in [9.17, 15) is 9.90 Å². The van der Waals surface area contributed by atoms with E-state index in [-0.39, 0.29) is 11.5 Å². The molecule has 15 heavy (non-hydrogen) atoms. The minimum Gasteiger partial charge on any atom is -0.504 e. The summed E-state index contributed by atoms with van der Waals surface area (Å²) >= 11 is 0. The zero-order valence-electron chi connectivity index (χ0n) is 9.00. The summed E-state index contributed by atoms with van der Waals surface area (Å²) in [7, 11) is 0. The van der Waals surface area contributed by atoms with Gasteiger partial charge in [-0.05, 0) is 43.0 Å². The summed E-state index contributed by atoms with van der Waals surface area (Å²) in [5, 5.41) is 18.2. The lowest BCUT2D eigenvalue weighted by Gasteiger charge is -2.12. The van der Waals surface area contributed by atoms with E-state index in [2.05, 4.69) is 4.74 Å². The van der Waals surface area contributed by atoms with Crippen molar-refractivity contribution in [2.75, 3.05) is 0 Å². The first-order chi connectivity index (χ1) is 6.97. The van der Waals surface area contributed by atoms with E-state index < -0.39 is 6.16 Å². The maximum absolute atomic E-state index is 10.4. The average molecular weight is 210 g/mol. The Morgan fingerprint density at radius 1 is 1.47 bits per heavy atom. The number of carboxylic acid groups (broad SMARTS) is 1. The molecule has 4 nitrogen and oxygen atoms in total. The molecule has 0 atom stereocenters. The molecule has 0 spiro atoms. The molecule has 0 aromatic heterocycles. The molecule has 0 fully saturated rings. The highest BCUT2D eigenvalue weighted by Gasteiger charge is 2.14. The van der Waals surface area contributed by atoms with Crippen molar-refractivity contribution in [1.29, 1.82) is 0 Å². The van der Waals surface area contributed by atoms with Crippen LogP contribution in [0.4, 0.5) is 4.79 Å². The second kappa shape index (κ2) is 4.21. The molecule has 0 saturated carbocycles. The van der Waals surface area contributed by atoms with E-state index >= 15 is 0 Å². The van der Waals surface area contributed by atoms with Crippen LogP contribution >= 0.6 is 0 Å². The van der Waals surface area contributed by atoms with Crippen LogP contribution in [-0.4, -0.2) is 16.4 Å². The molecule has 2 N–H and O–H groups in total. The third-order valence-electron chi connectivity index (χ3n) is 2.42. The molecule has 0 aliphatic rings. The first kappa shape index (κ1) is 11.4. The van der Waals surface area contributed by atoms with Gasteiger partial charge in [0.15, 0.2) is 11.5 Å². The molecule has 0 bridgehead atoms. The Morgan fingerprint density at radius 3 is 2.53 bits per heavy atom. The summed E-state index contributed by atoms with van der Waals surface area (Å²) in [6.45, 7) is 5.59. The lowest BCUT2D eigenvalue weighted by atomic mass is 9.99. The predicted octanol–water partition coefficient (Wildman–Crippen LogP) is 2.63. The van der Waals surface area contributed by atoms with Crippen LogP contribution in [0.2, 0.25) is 0 Å². The van der Waals surface area contributed by atoms with Crippen molar-refractivity contribution in [2.24, 2.45) is 0 Å². The van der Waals surface area contributed by atoms with Crippen molar-refractivity contribution in [3.63, 3.8) is 0 Å². The molecule has 1 aromatic carbocycles. The largest absolute Gasteiger partial charge is 0.511 e. The van der Waals surface area contributed by atoms with Crippen LogP contribution in [0.25, 0.3) is 0 Å². The smallest absolute Gasteiger partial charge is 0.504 e. The first-order valence-electron chi connectivity index (χ1n) is 4.70. The number of aryl methyl sites for hydroxylation is 1. The third-order valence-corrected chi connectivity index (χ3v) is 2.42. The molecule has 0 aliphatic carbocycles. The van der Waals surface area contributed by atoms with E-state index in [0.29, 0.717) is 5.56 Å². The summed E-state index contributed by atoms with van der Waals surface area (Å²) in [4.78, 5) is 10.4. The summed E-state index contributed by atoms with van der Waals surface area (Å²) in [6.07, 6.45) is -0.633. The van der Waals surface area contributed by atoms with Crippen LogP contribution in [0, 0.1) is 13.8 Å². The van der Waals surface area contributed by atoms with E-state index in [1.165, 1.54) is 6.07 Å². The Hall–Kier alpha value is -1.71. The van der Waals surface area contributed by atoms with Gasteiger partial charge in [0.25, 0.3) is 0 Å². The van der Waals surface area contributed by atoms with E-state index in [4.69, 9.17) is 5.11 Å². The number of rotatable bonds is 2. The molecule has 0 amide bonds. The molecule has 0 aliphatic heterocycles. The molecule has 0 saturated heterocycles. The third kappa shape index (κ3) is 2.21. The van der Waals surface area contributed by atoms with Gasteiger partial charge in [0.1, 0.15) is 0 Å². The van der Waals surface area contributed by atoms with Gasteiger partial charge in [-0.1, -0.05) is 6.92 Å². The maximum atomic E-state index is 10.4. The quantitative estimate of drug-likeness (QED) is 0.581. The second-order valence-corrected chi connectivity index (χ2v) is 3.37. The Bertz CT molecular complexity index is 396. The minimum atomic E-state index is -1.42. The van der Waals surface area contributed by atoms with Crippen LogP contribution in [0.5, 0.6) is 11.5 Å². The number of hydrogen-bond donors (Lipinski definition) is 2. The number of aromatic hydroxyl groups is 1. The number of carbonyl (C=O) groups is 1. The fraction of sp³-hybridized carbons (Fsp3) is 0.364. The average Bonchev–Trinajstić information content (AvgIpc) is 2.14. The van der Waals surface area contributed by atoms with Gasteiger partial charge >= 0.3 is 6.16 Å². The molecule has 0 radical (unpaired) electrons. The topological polar surface area (TPSA) is 66.8 Å². The number of phenols is 1. The summed E-state index contributed by atoms with van der Waals surface area (Å²) in [5.41, 5.74) is 2.61. The predicted molar refractivity (Wildman–Crippen MR) is 55.6 cm³/mol. The minimum absolute atomic E-state index is 0.00491. The monoisotopic (exact) mass is 210 g/mol. The van der Waals surface area contributed by atoms with Gasteiger partial charge in [-0.15, -0.1) is 0 Å². The van der Waals surface area contributed by atoms with E-state index in [1.54, 1.807) is 6.92 Å². The zero-order valence-corrected chi connectivity index (χ0v) is 9.00. The SMILES string of the molecule is CCc1c(C)cc(OC(=O)O)c(O)c1C. The van der Waals surface area contributed by atoms with Crippen LogP contribution < -0.4 is 4.74 Å². The van der Waals surface area contributed by atoms with Crippen LogP contribution in [0.3, 0.4) is 0 Å². The normalized spacial score (nSPS) is 10.1. The molecule has 4 heteroatoms. The van der Waals surface area contributed by atoms with Crippen molar-refractivity contribution in [3.8, 4) is 11.5 Å². The standard InChI is InChI=1S/C11H14O4/c1-4-8-6(2)5-9(15-11(13)14)10(12)7(8)3/h5,12H,4H2,1-3H3,(H,13,14). The number of benzene rings is 1. The molecule has 82 valence electrons. The Balaban J connectivity index is 3.27. The van der Waals surface area contributed by atoms with Gasteiger partial charge in [-0.25, -0.2) is 4.79 Å². The Labute approximate surface area is 88.1 Å². The highest BCUT2D eigenvalue weighted by Crippen LogP contribution is 2.34. The van der Waals surface area contributed by atoms with Crippen molar-refractivity contribution in [1.82, 2.24) is 0 Å². The van der Waals surface area contributed by atoms with Crippen molar-refractivity contribution >= 4 is 6.16 Å². The van der Waals surface area contributed by atoms with Crippen molar-refractivity contribution < 1.29 is 19.7 Å². The van der Waals surface area contributed by atoms with Gasteiger partial charge in [-0.3, -0.25) is 0 Å². The van der Waals surface area contributed by atoms with Crippen LogP contribution in [0.1, 0.15) is 23.6 Å². The molecule has 1 rings (SSSR count). The Kier molecular flexibility index (Phi) is 3.19. The summed E-state index contributed by atoms with van der Waals surface area (Å²) in [6, 6.07) is 1.54. The molecule has 1 aromatic rings. The van der Waals surface area contributed by atoms with Gasteiger partial charge in [0.05, 0.1) is 0 Å². The summed E-state index contributed by atoms with van der Waals surface area (Å²) in [5.74, 6) is -0.102. The van der Waals surface area contributed by atoms with Crippen LogP contribution in [0.15, 0.2) is 6.07 Å². The molecular weight excluding hydrogens is 196 g/mol. The van der Waals surface area contributed by atoms with Gasteiger partial charge in [0.2, 0.25) is 0 Å². The van der Waals surface area contributed by atoms with Crippen molar-refractivity contribution in [2.45, 2.75) is 27.2 Å². The molecule has 0 heterocycles. The number of phenolic OH excluding ortho intramolecular Hbond substituents is 1. The fourth-order valence-corrected chi connectivity index (χ4v) is 1.69. The highest BCUT2D eigenvalue weighted by atomic mass is 16.7. The van der Waals surface area contributed by atoms with Crippen molar-refractivity contribution in [3.05, 3.63) is 22.8 Å². The maximum Gasteiger partial charge on any atom is 0.511 e. The van der Waals surface area contributed by atoms with Gasteiger partial charge < -0.3 is 14.9 Å². The van der Waals surface area contributed by atoms with E-state index in [0.717, 1.165) is 17.5 Å². The van der Waals surface area contributed by atoms with Gasteiger partial charge in [-0.2, -0.15) is 0 Å². The van der Waals surface area contributed by atoms with Crippen LogP contribution in [-0.2, 0) is 6.42 Å². The Morgan fingerprint density at radius 2 is 2.07 bits per heavy atom. The summed E-state index contributed by atoms with van der Waals surface area (Å²) < 4.78 is 4.47. The second-order valence-electron chi connectivity index (χ2n) is 3.37. The number of ether oxygens (including phenoxy) is 1. The molecular formula is C11H14O4. The van der Waals surface area contributed by atoms with E-state index in [1.807, 2.05) is 13.8 Å². The lowest BCUT2D eigenvalue weighted by molar-refractivity contribution is 0.143.